The number of nitro groups is 1. The molecule has 130 valence electrons. The van der Waals surface area contributed by atoms with Crippen molar-refractivity contribution in [3.8, 4) is 0 Å². The summed E-state index contributed by atoms with van der Waals surface area (Å²) in [6.07, 6.45) is -2.21. The molecule has 0 saturated heterocycles. The number of methoxy groups -OCH3 is 1. The number of alkyl halides is 2. The fourth-order valence-corrected chi connectivity index (χ4v) is 1.57. The molecule has 6 N–H and O–H groups in total. The maximum absolute atomic E-state index is 12.7. The molecule has 0 aromatic rings. The molecule has 0 aliphatic carbocycles. The van der Waals surface area contributed by atoms with E-state index in [1.54, 1.807) is 0 Å². The molecule has 0 aliphatic heterocycles. The van der Waals surface area contributed by atoms with Gasteiger partial charge in [0, 0.05) is 12.0 Å². The first-order valence-corrected chi connectivity index (χ1v) is 6.27. The summed E-state index contributed by atoms with van der Waals surface area (Å²) in [6.45, 7) is 0. The van der Waals surface area contributed by atoms with Crippen molar-refractivity contribution < 1.29 is 22.8 Å². The number of hydrogen-bond donors (Lipinski definition) is 4. The number of nitrogens with two attached hydrogens (primary N) is 2. The van der Waals surface area contributed by atoms with Gasteiger partial charge in [-0.2, -0.15) is 4.39 Å². The zero-order chi connectivity index (χ0) is 18.2. The average molecular weight is 358 g/mol. The minimum absolute atomic E-state index is 0.121. The van der Waals surface area contributed by atoms with Crippen LogP contribution in [-0.2, 0) is 4.74 Å². The average Bonchev–Trinajstić information content (AvgIpc) is 2.41. The molecule has 23 heavy (non-hydrogen) atoms. The lowest BCUT2D eigenvalue weighted by Gasteiger charge is -2.20. The fourth-order valence-electron chi connectivity index (χ4n) is 1.45. The molecule has 0 aliphatic rings. The summed E-state index contributed by atoms with van der Waals surface area (Å²) in [5, 5.41) is 19.1. The van der Waals surface area contributed by atoms with Crippen molar-refractivity contribution in [2.75, 3.05) is 7.11 Å². The molecule has 8 nitrogen and oxygen atoms in total. The third-order valence-electron chi connectivity index (χ3n) is 2.43. The molecular formula is C11H15ClF3N5O3. The van der Waals surface area contributed by atoms with Crippen molar-refractivity contribution in [1.29, 1.82) is 5.41 Å². The number of hydrogen-bond acceptors (Lipinski definition) is 7. The van der Waals surface area contributed by atoms with E-state index < -0.39 is 35.5 Å². The molecule has 1 unspecified atom stereocenters. The van der Waals surface area contributed by atoms with Crippen LogP contribution < -0.4 is 16.8 Å². The molecule has 0 heterocycles. The number of ether oxygens (including phenoxy) is 1. The van der Waals surface area contributed by atoms with Gasteiger partial charge in [0.1, 0.15) is 0 Å². The van der Waals surface area contributed by atoms with Gasteiger partial charge < -0.3 is 21.5 Å². The van der Waals surface area contributed by atoms with Gasteiger partial charge >= 0.3 is 5.70 Å². The summed E-state index contributed by atoms with van der Waals surface area (Å²) in [5.41, 5.74) is 9.40. The number of rotatable bonds is 9. The minimum Gasteiger partial charge on any atom is -0.482 e. The first-order chi connectivity index (χ1) is 10.6. The van der Waals surface area contributed by atoms with Crippen molar-refractivity contribution in [2.24, 2.45) is 11.5 Å². The Morgan fingerprint density at radius 3 is 2.43 bits per heavy atom. The van der Waals surface area contributed by atoms with Gasteiger partial charge in [-0.15, -0.1) is 0 Å². The van der Waals surface area contributed by atoms with E-state index in [1.165, 1.54) is 0 Å². The molecule has 0 aromatic carbocycles. The van der Waals surface area contributed by atoms with Crippen LogP contribution in [-0.4, -0.2) is 30.5 Å². The number of nitrogens with one attached hydrogen (secondary N) is 2. The molecule has 0 bridgehead atoms. The number of nitrogens with zero attached hydrogens (tertiary/aromatic N) is 1. The zero-order valence-electron chi connectivity index (χ0n) is 11.9. The summed E-state index contributed by atoms with van der Waals surface area (Å²) < 4.78 is 42.8. The molecule has 0 radical (unpaired) electrons. The van der Waals surface area contributed by atoms with E-state index in [4.69, 9.17) is 33.2 Å². The van der Waals surface area contributed by atoms with E-state index in [9.17, 15) is 23.3 Å². The summed E-state index contributed by atoms with van der Waals surface area (Å²) in [6, 6.07) is -1.33. The van der Waals surface area contributed by atoms with Gasteiger partial charge in [0.25, 0.3) is 5.97 Å². The fraction of sp³-hybridized carbons (Fsp3) is 0.364. The first-order valence-electron chi connectivity index (χ1n) is 5.89. The summed E-state index contributed by atoms with van der Waals surface area (Å²) >= 11 is 5.48. The van der Waals surface area contributed by atoms with Gasteiger partial charge in [-0.1, -0.05) is 11.6 Å². The topological polar surface area (TPSA) is 140 Å². The third-order valence-corrected chi connectivity index (χ3v) is 2.54. The van der Waals surface area contributed by atoms with Crippen molar-refractivity contribution in [1.82, 2.24) is 5.32 Å². The van der Waals surface area contributed by atoms with E-state index in [1.807, 2.05) is 0 Å². The molecular weight excluding hydrogens is 343 g/mol. The Balaban J connectivity index is 5.76. The largest absolute Gasteiger partial charge is 0.482 e. The van der Waals surface area contributed by atoms with Gasteiger partial charge in [-0.3, -0.25) is 15.5 Å². The minimum atomic E-state index is -2.84. The van der Waals surface area contributed by atoms with Crippen LogP contribution in [0.15, 0.2) is 34.6 Å². The van der Waals surface area contributed by atoms with Crippen LogP contribution in [0.4, 0.5) is 13.2 Å². The normalized spacial score (nSPS) is 15.0. The first kappa shape index (κ1) is 20.6. The van der Waals surface area contributed by atoms with Gasteiger partial charge in [-0.25, -0.2) is 8.78 Å². The van der Waals surface area contributed by atoms with Crippen LogP contribution in [0.2, 0.25) is 0 Å². The Hall–Kier alpha value is -2.43. The highest BCUT2D eigenvalue weighted by molar-refractivity contribution is 6.29. The third kappa shape index (κ3) is 7.40. The van der Waals surface area contributed by atoms with Crippen LogP contribution in [0.1, 0.15) is 6.42 Å². The monoisotopic (exact) mass is 357 g/mol. The molecule has 0 fully saturated rings. The number of allylic oxidation sites excluding steroid dienone is 1. The van der Waals surface area contributed by atoms with Gasteiger partial charge in [-0.05, 0) is 6.08 Å². The number of halogens is 4. The van der Waals surface area contributed by atoms with E-state index in [2.05, 4.69) is 5.32 Å². The van der Waals surface area contributed by atoms with E-state index in [0.29, 0.717) is 6.20 Å². The van der Waals surface area contributed by atoms with Crippen molar-refractivity contribution >= 4 is 17.6 Å². The second-order valence-corrected chi connectivity index (χ2v) is 4.44. The quantitative estimate of drug-likeness (QED) is 0.123. The maximum Gasteiger partial charge on any atom is 0.338 e. The zero-order valence-corrected chi connectivity index (χ0v) is 12.6. The van der Waals surface area contributed by atoms with Crippen LogP contribution in [0.25, 0.3) is 0 Å². The highest BCUT2D eigenvalue weighted by atomic mass is 35.5. The molecule has 12 heteroatoms. The van der Waals surface area contributed by atoms with E-state index in [-0.39, 0.29) is 16.6 Å². The summed E-state index contributed by atoms with van der Waals surface area (Å²) in [4.78, 5) is 9.38. The van der Waals surface area contributed by atoms with Crippen LogP contribution in [0.3, 0.4) is 0 Å². The smallest absolute Gasteiger partial charge is 0.338 e. The standard InChI is InChI=1S/C11H15ClF3N5O3/c1-23-11(18)5(2-8(12)16)6(3-9(13)14)19-4-7(10(15)17)20(21)22/h2,4,6,9,17,19H,3,16,18H2,1H3/b7-4+,8-2-,11-5-,17-10?. The van der Waals surface area contributed by atoms with Crippen molar-refractivity contribution in [3.63, 3.8) is 0 Å². The van der Waals surface area contributed by atoms with Gasteiger partial charge in [0.2, 0.25) is 6.43 Å². The van der Waals surface area contributed by atoms with Crippen molar-refractivity contribution in [3.05, 3.63) is 44.7 Å². The maximum atomic E-state index is 12.7. The summed E-state index contributed by atoms with van der Waals surface area (Å²) in [7, 11) is 1.16. The van der Waals surface area contributed by atoms with E-state index in [0.717, 1.165) is 13.2 Å². The van der Waals surface area contributed by atoms with Crippen molar-refractivity contribution in [2.45, 2.75) is 18.9 Å². The Bertz CT molecular complexity index is 531. The van der Waals surface area contributed by atoms with Crippen LogP contribution >= 0.6 is 11.6 Å². The molecule has 0 saturated carbocycles. The second-order valence-electron chi connectivity index (χ2n) is 4.00. The lowest BCUT2D eigenvalue weighted by molar-refractivity contribution is -0.416. The predicted molar refractivity (Wildman–Crippen MR) is 77.8 cm³/mol. The highest BCUT2D eigenvalue weighted by Gasteiger charge is 2.23. The SMILES string of the molecule is CO/C(N)=C(/C=C(\N)Cl)C(CC(F)F)N/C=C(\C(=N)F)[N+](=O)[O-]. The Kier molecular flexibility index (Phi) is 8.55. The van der Waals surface area contributed by atoms with Gasteiger partial charge in [0.15, 0.2) is 5.88 Å². The summed E-state index contributed by atoms with van der Waals surface area (Å²) in [5.74, 6) is -2.17. The molecule has 0 spiro atoms. The predicted octanol–water partition coefficient (Wildman–Crippen LogP) is 1.52. The van der Waals surface area contributed by atoms with Gasteiger partial charge in [0.05, 0.1) is 29.4 Å². The lowest BCUT2D eigenvalue weighted by atomic mass is 10.0. The lowest BCUT2D eigenvalue weighted by Crippen LogP contribution is -2.32. The highest BCUT2D eigenvalue weighted by Crippen LogP contribution is 2.18. The van der Waals surface area contributed by atoms with E-state index >= 15 is 0 Å². The van der Waals surface area contributed by atoms with Crippen LogP contribution in [0, 0.1) is 15.5 Å². The molecule has 0 rings (SSSR count). The molecule has 0 aromatic heterocycles. The Morgan fingerprint density at radius 2 is 2.09 bits per heavy atom. The molecule has 0 amide bonds. The second kappa shape index (κ2) is 9.56. The molecule has 1 atom stereocenters. The van der Waals surface area contributed by atoms with Crippen LogP contribution in [0.5, 0.6) is 0 Å². The Labute approximate surface area is 134 Å². The Morgan fingerprint density at radius 1 is 1.52 bits per heavy atom.